The molecule has 1 unspecified atom stereocenters. The maximum Gasteiger partial charge on any atom is 0.329 e. The summed E-state index contributed by atoms with van der Waals surface area (Å²) in [5.74, 6) is -0.515. The molecular weight excluding hydrogens is 245 g/mol. The standard InChI is InChI=1S/C11H10FNO3S/c1-16-9-3-2-6(12)4-7(9)10-13-8(5-17-10)11(14)15/h2-4,8H,5H2,1H3,(H,14,15). The molecule has 0 aromatic heterocycles. The number of rotatable bonds is 3. The Morgan fingerprint density at radius 3 is 3.00 bits per heavy atom. The highest BCUT2D eigenvalue weighted by molar-refractivity contribution is 8.14. The molecule has 0 saturated heterocycles. The molecule has 6 heteroatoms. The van der Waals surface area contributed by atoms with Gasteiger partial charge >= 0.3 is 5.97 Å². The SMILES string of the molecule is COc1ccc(F)cc1C1=NC(C(=O)O)CS1. The van der Waals surface area contributed by atoms with Crippen LogP contribution >= 0.6 is 11.8 Å². The molecule has 0 fully saturated rings. The Labute approximate surface area is 102 Å². The highest BCUT2D eigenvalue weighted by Gasteiger charge is 2.26. The van der Waals surface area contributed by atoms with Crippen molar-refractivity contribution in [1.29, 1.82) is 0 Å². The first-order chi connectivity index (χ1) is 8.11. The van der Waals surface area contributed by atoms with Crippen LogP contribution in [-0.4, -0.2) is 35.0 Å². The zero-order valence-corrected chi connectivity index (χ0v) is 9.83. The van der Waals surface area contributed by atoms with E-state index < -0.39 is 17.8 Å². The molecule has 1 atom stereocenters. The van der Waals surface area contributed by atoms with E-state index in [0.29, 0.717) is 22.1 Å². The molecular formula is C11H10FNO3S. The number of thioether (sulfide) groups is 1. The second-order valence-corrected chi connectivity index (χ2v) is 4.45. The van der Waals surface area contributed by atoms with E-state index in [0.717, 1.165) is 0 Å². The van der Waals surface area contributed by atoms with Crippen LogP contribution in [0, 0.1) is 5.82 Å². The zero-order chi connectivity index (χ0) is 12.4. The van der Waals surface area contributed by atoms with Crippen molar-refractivity contribution in [3.63, 3.8) is 0 Å². The van der Waals surface area contributed by atoms with Gasteiger partial charge in [0.1, 0.15) is 16.6 Å². The van der Waals surface area contributed by atoms with Crippen molar-refractivity contribution in [2.24, 2.45) is 4.99 Å². The molecule has 1 aromatic rings. The largest absolute Gasteiger partial charge is 0.496 e. The fourth-order valence-electron chi connectivity index (χ4n) is 1.50. The fraction of sp³-hybridized carbons (Fsp3) is 0.273. The molecule has 0 radical (unpaired) electrons. The van der Waals surface area contributed by atoms with Crippen LogP contribution in [-0.2, 0) is 4.79 Å². The average molecular weight is 255 g/mol. The predicted octanol–water partition coefficient (Wildman–Crippen LogP) is 1.78. The van der Waals surface area contributed by atoms with Gasteiger partial charge in [-0.15, -0.1) is 11.8 Å². The number of halogens is 1. The fourth-order valence-corrected chi connectivity index (χ4v) is 2.54. The number of benzene rings is 1. The predicted molar refractivity (Wildman–Crippen MR) is 63.4 cm³/mol. The van der Waals surface area contributed by atoms with Gasteiger partial charge in [-0.2, -0.15) is 0 Å². The molecule has 0 saturated carbocycles. The summed E-state index contributed by atoms with van der Waals surface area (Å²) in [5.41, 5.74) is 0.501. The molecule has 4 nitrogen and oxygen atoms in total. The summed E-state index contributed by atoms with van der Waals surface area (Å²) < 4.78 is 18.3. The minimum absolute atomic E-state index is 0.365. The van der Waals surface area contributed by atoms with Gasteiger partial charge in [0.25, 0.3) is 0 Å². The average Bonchev–Trinajstić information content (AvgIpc) is 2.78. The van der Waals surface area contributed by atoms with E-state index in [4.69, 9.17) is 9.84 Å². The number of nitrogens with zero attached hydrogens (tertiary/aromatic N) is 1. The third kappa shape index (κ3) is 2.41. The lowest BCUT2D eigenvalue weighted by molar-refractivity contribution is -0.137. The molecule has 17 heavy (non-hydrogen) atoms. The molecule has 1 aliphatic heterocycles. The van der Waals surface area contributed by atoms with Crippen LogP contribution < -0.4 is 4.74 Å². The number of hydrogen-bond donors (Lipinski definition) is 1. The van der Waals surface area contributed by atoms with Crippen LogP contribution in [0.3, 0.4) is 0 Å². The van der Waals surface area contributed by atoms with Gasteiger partial charge in [-0.05, 0) is 18.2 Å². The second kappa shape index (κ2) is 4.75. The van der Waals surface area contributed by atoms with Gasteiger partial charge in [0.05, 0.1) is 12.7 Å². The first-order valence-corrected chi connectivity index (χ1v) is 5.87. The summed E-state index contributed by atoms with van der Waals surface area (Å²) in [6.45, 7) is 0. The molecule has 0 aliphatic carbocycles. The minimum atomic E-state index is -0.970. The van der Waals surface area contributed by atoms with Crippen molar-refractivity contribution < 1.29 is 19.0 Å². The van der Waals surface area contributed by atoms with E-state index >= 15 is 0 Å². The van der Waals surface area contributed by atoms with Crippen LogP contribution in [0.25, 0.3) is 0 Å². The highest BCUT2D eigenvalue weighted by Crippen LogP contribution is 2.29. The third-order valence-corrected chi connectivity index (χ3v) is 3.41. The topological polar surface area (TPSA) is 58.9 Å². The maximum absolute atomic E-state index is 13.2. The number of carboxylic acids is 1. The number of hydrogen-bond acceptors (Lipinski definition) is 4. The van der Waals surface area contributed by atoms with Crippen molar-refractivity contribution in [3.8, 4) is 5.75 Å². The van der Waals surface area contributed by atoms with Crippen molar-refractivity contribution in [2.75, 3.05) is 12.9 Å². The van der Waals surface area contributed by atoms with E-state index in [1.54, 1.807) is 0 Å². The smallest absolute Gasteiger partial charge is 0.329 e. The van der Waals surface area contributed by atoms with Crippen LogP contribution in [0.2, 0.25) is 0 Å². The molecule has 1 heterocycles. The first-order valence-electron chi connectivity index (χ1n) is 4.89. The van der Waals surface area contributed by atoms with Gasteiger partial charge < -0.3 is 9.84 Å². The van der Waals surface area contributed by atoms with Crippen LogP contribution in [0.15, 0.2) is 23.2 Å². The van der Waals surface area contributed by atoms with E-state index in [1.165, 1.54) is 37.1 Å². The maximum atomic E-state index is 13.2. The summed E-state index contributed by atoms with van der Waals surface area (Å²) in [6.07, 6.45) is 0. The molecule has 90 valence electrons. The number of carboxylic acid groups (broad SMARTS) is 1. The number of ether oxygens (including phenoxy) is 1. The number of aliphatic imine (C=N–C) groups is 1. The van der Waals surface area contributed by atoms with Gasteiger partial charge in [0, 0.05) is 5.75 Å². The summed E-state index contributed by atoms with van der Waals surface area (Å²) in [6, 6.07) is 3.33. The lowest BCUT2D eigenvalue weighted by Crippen LogP contribution is -2.17. The van der Waals surface area contributed by atoms with E-state index in [2.05, 4.69) is 4.99 Å². The molecule has 0 amide bonds. The van der Waals surface area contributed by atoms with Gasteiger partial charge in [-0.25, -0.2) is 9.18 Å². The van der Waals surface area contributed by atoms with Crippen molar-refractivity contribution in [3.05, 3.63) is 29.6 Å². The third-order valence-electron chi connectivity index (χ3n) is 2.33. The van der Waals surface area contributed by atoms with Gasteiger partial charge in [0.15, 0.2) is 6.04 Å². The molecule has 0 bridgehead atoms. The van der Waals surface area contributed by atoms with Crippen molar-refractivity contribution >= 4 is 22.8 Å². The summed E-state index contributed by atoms with van der Waals surface area (Å²) in [7, 11) is 1.48. The molecule has 1 aromatic carbocycles. The summed E-state index contributed by atoms with van der Waals surface area (Å²) >= 11 is 1.29. The monoisotopic (exact) mass is 255 g/mol. The molecule has 1 N–H and O–H groups in total. The quantitative estimate of drug-likeness (QED) is 0.894. The van der Waals surface area contributed by atoms with Crippen LogP contribution in [0.4, 0.5) is 4.39 Å². The number of aliphatic carboxylic acids is 1. The minimum Gasteiger partial charge on any atom is -0.496 e. The van der Waals surface area contributed by atoms with Crippen molar-refractivity contribution in [2.45, 2.75) is 6.04 Å². The van der Waals surface area contributed by atoms with E-state index in [9.17, 15) is 9.18 Å². The molecule has 2 rings (SSSR count). The van der Waals surface area contributed by atoms with E-state index in [1.807, 2.05) is 0 Å². The second-order valence-electron chi connectivity index (χ2n) is 3.44. The Kier molecular flexibility index (Phi) is 3.33. The lowest BCUT2D eigenvalue weighted by atomic mass is 10.2. The Hall–Kier alpha value is -1.56. The zero-order valence-electron chi connectivity index (χ0n) is 9.01. The Bertz CT molecular complexity index is 490. The van der Waals surface area contributed by atoms with Crippen LogP contribution in [0.1, 0.15) is 5.56 Å². The number of methoxy groups -OCH3 is 1. The molecule has 1 aliphatic rings. The van der Waals surface area contributed by atoms with Gasteiger partial charge in [-0.1, -0.05) is 0 Å². The van der Waals surface area contributed by atoms with E-state index in [-0.39, 0.29) is 0 Å². The van der Waals surface area contributed by atoms with Crippen molar-refractivity contribution in [1.82, 2.24) is 0 Å². The summed E-state index contributed by atoms with van der Waals surface area (Å²) in [5, 5.41) is 9.34. The lowest BCUT2D eigenvalue weighted by Gasteiger charge is -2.07. The first kappa shape index (κ1) is 11.9. The van der Waals surface area contributed by atoms with Gasteiger partial charge in [0.2, 0.25) is 0 Å². The summed E-state index contributed by atoms with van der Waals surface area (Å²) in [4.78, 5) is 14.8. The highest BCUT2D eigenvalue weighted by atomic mass is 32.2. The Balaban J connectivity index is 2.37. The Morgan fingerprint density at radius 1 is 1.65 bits per heavy atom. The Morgan fingerprint density at radius 2 is 2.41 bits per heavy atom. The van der Waals surface area contributed by atoms with Gasteiger partial charge in [-0.3, -0.25) is 4.99 Å². The molecule has 0 spiro atoms. The van der Waals surface area contributed by atoms with Crippen LogP contribution in [0.5, 0.6) is 5.75 Å². The normalized spacial score (nSPS) is 18.9. The number of carbonyl (C=O) groups is 1.